The Labute approximate surface area is 171 Å². The van der Waals surface area contributed by atoms with Gasteiger partial charge in [0.05, 0.1) is 6.61 Å². The largest absolute Gasteiger partial charge is 0.494 e. The van der Waals surface area contributed by atoms with Crippen LogP contribution < -0.4 is 15.4 Å². The molecule has 2 N–H and O–H groups in total. The second-order valence-corrected chi connectivity index (χ2v) is 7.83. The fourth-order valence-electron chi connectivity index (χ4n) is 2.26. The van der Waals surface area contributed by atoms with Crippen molar-refractivity contribution in [3.8, 4) is 5.75 Å². The number of rotatable bonds is 8. The number of thiocarbonyl (C=S) groups is 1. The number of nitrogens with one attached hydrogen (secondary N) is 2. The van der Waals surface area contributed by atoms with Gasteiger partial charge in [0, 0.05) is 17.0 Å². The van der Waals surface area contributed by atoms with Crippen molar-refractivity contribution in [2.75, 3.05) is 12.9 Å². The van der Waals surface area contributed by atoms with Crippen molar-refractivity contribution in [3.63, 3.8) is 0 Å². The Morgan fingerprint density at radius 2 is 1.78 bits per heavy atom. The minimum absolute atomic E-state index is 0.237. The van der Waals surface area contributed by atoms with Crippen LogP contribution >= 0.6 is 24.0 Å². The fraction of sp³-hybridized carbons (Fsp3) is 0.333. The Bertz CT molecular complexity index is 744. The average molecular weight is 403 g/mol. The van der Waals surface area contributed by atoms with E-state index < -0.39 is 0 Å². The van der Waals surface area contributed by atoms with Crippen molar-refractivity contribution in [2.45, 2.75) is 31.7 Å². The zero-order valence-corrected chi connectivity index (χ0v) is 17.6. The lowest BCUT2D eigenvalue weighted by Gasteiger charge is -2.11. The molecule has 0 heterocycles. The third kappa shape index (κ3) is 7.61. The van der Waals surface area contributed by atoms with E-state index in [4.69, 9.17) is 17.0 Å². The summed E-state index contributed by atoms with van der Waals surface area (Å²) >= 11 is 6.92. The first kappa shape index (κ1) is 21.3. The second kappa shape index (κ2) is 10.9. The zero-order valence-electron chi connectivity index (χ0n) is 16.0. The monoisotopic (exact) mass is 402 g/mol. The van der Waals surface area contributed by atoms with Crippen LogP contribution in [0, 0.1) is 5.92 Å². The summed E-state index contributed by atoms with van der Waals surface area (Å²) < 4.78 is 5.67. The van der Waals surface area contributed by atoms with E-state index in [1.54, 1.807) is 36.0 Å². The number of carbonyl (C=O) groups excluding carboxylic acids is 1. The van der Waals surface area contributed by atoms with Crippen LogP contribution in [0.5, 0.6) is 5.75 Å². The molecular weight excluding hydrogens is 376 g/mol. The maximum atomic E-state index is 12.3. The highest BCUT2D eigenvalue weighted by atomic mass is 32.2. The summed E-state index contributed by atoms with van der Waals surface area (Å²) in [7, 11) is 0. The van der Waals surface area contributed by atoms with Crippen molar-refractivity contribution >= 4 is 35.0 Å². The molecule has 144 valence electrons. The fourth-order valence-corrected chi connectivity index (χ4v) is 2.83. The van der Waals surface area contributed by atoms with E-state index in [0.717, 1.165) is 17.7 Å². The van der Waals surface area contributed by atoms with E-state index in [0.29, 0.717) is 29.7 Å². The molecule has 0 unspecified atom stereocenters. The molecule has 2 aromatic carbocycles. The topological polar surface area (TPSA) is 50.4 Å². The normalized spacial score (nSPS) is 10.5. The van der Waals surface area contributed by atoms with Gasteiger partial charge >= 0.3 is 0 Å². The first-order chi connectivity index (χ1) is 13.0. The molecule has 2 rings (SSSR count). The molecule has 0 aliphatic heterocycles. The van der Waals surface area contributed by atoms with Gasteiger partial charge in [-0.1, -0.05) is 26.0 Å². The van der Waals surface area contributed by atoms with Crippen molar-refractivity contribution in [2.24, 2.45) is 5.92 Å². The number of carbonyl (C=O) groups is 1. The average Bonchev–Trinajstić information content (AvgIpc) is 2.67. The van der Waals surface area contributed by atoms with Crippen LogP contribution in [0.1, 0.15) is 36.2 Å². The van der Waals surface area contributed by atoms with Crippen LogP contribution in [0.15, 0.2) is 53.4 Å². The first-order valence-corrected chi connectivity index (χ1v) is 10.6. The number of hydrogen-bond acceptors (Lipinski definition) is 4. The van der Waals surface area contributed by atoms with Gasteiger partial charge in [0.1, 0.15) is 5.75 Å². The molecule has 0 saturated heterocycles. The van der Waals surface area contributed by atoms with Crippen LogP contribution in [0.2, 0.25) is 0 Å². The smallest absolute Gasteiger partial charge is 0.257 e. The van der Waals surface area contributed by atoms with E-state index in [1.165, 1.54) is 4.90 Å². The highest BCUT2D eigenvalue weighted by Crippen LogP contribution is 2.15. The summed E-state index contributed by atoms with van der Waals surface area (Å²) in [5.74, 6) is 1.13. The molecule has 0 radical (unpaired) electrons. The van der Waals surface area contributed by atoms with Crippen molar-refractivity contribution in [1.29, 1.82) is 0 Å². The summed E-state index contributed by atoms with van der Waals surface area (Å²) in [5.41, 5.74) is 1.65. The molecule has 0 aliphatic carbocycles. The van der Waals surface area contributed by atoms with Gasteiger partial charge < -0.3 is 10.1 Å². The van der Waals surface area contributed by atoms with Crippen LogP contribution in [-0.4, -0.2) is 23.9 Å². The summed E-state index contributed by atoms with van der Waals surface area (Å²) in [6.45, 7) is 5.56. The lowest BCUT2D eigenvalue weighted by atomic mass is 10.1. The SMILES string of the molecule is CSc1ccc(CNC(=S)NC(=O)c2ccc(OCCC(C)C)cc2)cc1. The zero-order chi connectivity index (χ0) is 19.6. The number of ether oxygens (including phenoxy) is 1. The molecule has 0 saturated carbocycles. The van der Waals surface area contributed by atoms with E-state index in [1.807, 2.05) is 18.4 Å². The lowest BCUT2D eigenvalue weighted by Crippen LogP contribution is -2.38. The predicted molar refractivity (Wildman–Crippen MR) is 117 cm³/mol. The molecule has 2 aromatic rings. The molecule has 0 aliphatic rings. The first-order valence-electron chi connectivity index (χ1n) is 8.93. The van der Waals surface area contributed by atoms with Gasteiger partial charge in [-0.3, -0.25) is 10.1 Å². The maximum absolute atomic E-state index is 12.3. The third-order valence-electron chi connectivity index (χ3n) is 3.92. The van der Waals surface area contributed by atoms with E-state index in [-0.39, 0.29) is 5.91 Å². The molecule has 0 bridgehead atoms. The van der Waals surface area contributed by atoms with Crippen molar-refractivity contribution in [3.05, 3.63) is 59.7 Å². The predicted octanol–water partition coefficient (Wildman–Crippen LogP) is 4.64. The van der Waals surface area contributed by atoms with Crippen molar-refractivity contribution < 1.29 is 9.53 Å². The highest BCUT2D eigenvalue weighted by molar-refractivity contribution is 7.98. The second-order valence-electron chi connectivity index (χ2n) is 6.54. The third-order valence-corrected chi connectivity index (χ3v) is 4.91. The minimum atomic E-state index is -0.237. The van der Waals surface area contributed by atoms with Crippen LogP contribution in [0.3, 0.4) is 0 Å². The molecule has 27 heavy (non-hydrogen) atoms. The van der Waals surface area contributed by atoms with Gasteiger partial charge in [-0.2, -0.15) is 0 Å². The molecule has 4 nitrogen and oxygen atoms in total. The number of thioether (sulfide) groups is 1. The van der Waals surface area contributed by atoms with E-state index >= 15 is 0 Å². The Hall–Kier alpha value is -2.05. The van der Waals surface area contributed by atoms with Crippen LogP contribution in [0.25, 0.3) is 0 Å². The van der Waals surface area contributed by atoms with Gasteiger partial charge in [-0.25, -0.2) is 0 Å². The van der Waals surface area contributed by atoms with Crippen molar-refractivity contribution in [1.82, 2.24) is 10.6 Å². The number of amides is 1. The molecule has 1 amide bonds. The summed E-state index contributed by atoms with van der Waals surface area (Å²) in [6, 6.07) is 15.3. The van der Waals surface area contributed by atoms with Gasteiger partial charge in [-0.15, -0.1) is 11.8 Å². The lowest BCUT2D eigenvalue weighted by molar-refractivity contribution is 0.0976. The molecule has 0 atom stereocenters. The number of hydrogen-bond donors (Lipinski definition) is 2. The maximum Gasteiger partial charge on any atom is 0.257 e. The summed E-state index contributed by atoms with van der Waals surface area (Å²) in [6.07, 6.45) is 3.05. The van der Waals surface area contributed by atoms with Crippen LogP contribution in [0.4, 0.5) is 0 Å². The molecular formula is C21H26N2O2S2. The Morgan fingerprint density at radius 1 is 1.11 bits per heavy atom. The van der Waals surface area contributed by atoms with Crippen LogP contribution in [-0.2, 0) is 6.54 Å². The summed E-state index contributed by atoms with van der Waals surface area (Å²) in [4.78, 5) is 13.5. The minimum Gasteiger partial charge on any atom is -0.494 e. The Kier molecular flexibility index (Phi) is 8.61. The Morgan fingerprint density at radius 3 is 2.37 bits per heavy atom. The highest BCUT2D eigenvalue weighted by Gasteiger charge is 2.08. The quantitative estimate of drug-likeness (QED) is 0.498. The Balaban J connectivity index is 1.78. The summed E-state index contributed by atoms with van der Waals surface area (Å²) in [5, 5.41) is 6.07. The molecule has 0 spiro atoms. The van der Waals surface area contributed by atoms with E-state index in [2.05, 4.69) is 36.6 Å². The van der Waals surface area contributed by atoms with Gasteiger partial charge in [0.15, 0.2) is 5.11 Å². The molecule has 0 aromatic heterocycles. The van der Waals surface area contributed by atoms with E-state index in [9.17, 15) is 4.79 Å². The van der Waals surface area contributed by atoms with Gasteiger partial charge in [0.2, 0.25) is 0 Å². The van der Waals surface area contributed by atoms with Gasteiger partial charge in [0.25, 0.3) is 5.91 Å². The van der Waals surface area contributed by atoms with Gasteiger partial charge in [-0.05, 0) is 72.8 Å². The number of benzene rings is 2. The molecule has 6 heteroatoms. The molecule has 0 fully saturated rings. The standard InChI is InChI=1S/C21H26N2O2S2/c1-15(2)12-13-25-18-8-6-17(7-9-18)20(24)23-21(26)22-14-16-4-10-19(27-3)11-5-16/h4-11,15H,12-14H2,1-3H3,(H2,22,23,24,26).